The number of carbonyl (C=O) groups excluding carboxylic acids is 3. The van der Waals surface area contributed by atoms with Gasteiger partial charge >= 0.3 is 0 Å². The van der Waals surface area contributed by atoms with Crippen LogP contribution in [0.4, 0.5) is 0 Å². The monoisotopic (exact) mass is 387 g/mol. The summed E-state index contributed by atoms with van der Waals surface area (Å²) < 4.78 is 0. The predicted octanol–water partition coefficient (Wildman–Crippen LogP) is 4.57. The van der Waals surface area contributed by atoms with E-state index in [1.807, 2.05) is 11.8 Å². The molecule has 3 rings (SSSR count). The molecular weight excluding hydrogens is 350 g/mol. The summed E-state index contributed by atoms with van der Waals surface area (Å²) in [5, 5.41) is 0. The van der Waals surface area contributed by atoms with Crippen LogP contribution in [-0.2, 0) is 14.4 Å². The Kier molecular flexibility index (Phi) is 6.77. The van der Waals surface area contributed by atoms with Gasteiger partial charge in [-0.25, -0.2) is 0 Å². The zero-order valence-electron chi connectivity index (χ0n) is 17.9. The lowest BCUT2D eigenvalue weighted by Crippen LogP contribution is -2.47. The Hall–Kier alpha value is -1.45. The number of hydrogen-bond donors (Lipinski definition) is 0. The van der Waals surface area contributed by atoms with Crippen LogP contribution in [0.1, 0.15) is 78.6 Å². The normalized spacial score (nSPS) is 37.1. The lowest BCUT2D eigenvalue weighted by atomic mass is 9.90. The molecule has 0 aromatic heterocycles. The number of piperidine rings is 1. The Labute approximate surface area is 170 Å². The van der Waals surface area contributed by atoms with Gasteiger partial charge in [0.25, 0.3) is 0 Å². The summed E-state index contributed by atoms with van der Waals surface area (Å²) in [5.74, 6) is 0.724. The maximum Gasteiger partial charge on any atom is 0.226 e. The molecule has 0 N–H and O–H groups in total. The number of amides is 1. The van der Waals surface area contributed by atoms with Crippen LogP contribution < -0.4 is 0 Å². The first-order valence-electron chi connectivity index (χ1n) is 11.3. The van der Waals surface area contributed by atoms with E-state index in [1.54, 1.807) is 0 Å². The highest BCUT2D eigenvalue weighted by Gasteiger charge is 2.69. The number of ketones is 1. The maximum atomic E-state index is 13.2. The molecule has 4 heteroatoms. The van der Waals surface area contributed by atoms with Crippen LogP contribution in [0.5, 0.6) is 0 Å². The summed E-state index contributed by atoms with van der Waals surface area (Å²) >= 11 is 0. The van der Waals surface area contributed by atoms with Crippen molar-refractivity contribution in [3.8, 4) is 0 Å². The van der Waals surface area contributed by atoms with Crippen molar-refractivity contribution in [3.63, 3.8) is 0 Å². The van der Waals surface area contributed by atoms with Crippen molar-refractivity contribution in [1.82, 2.24) is 4.90 Å². The Balaban J connectivity index is 1.75. The summed E-state index contributed by atoms with van der Waals surface area (Å²) in [6.07, 6.45) is 13.7. The number of rotatable bonds is 1. The average Bonchev–Trinajstić information content (AvgIpc) is 3.02. The highest BCUT2D eigenvalue weighted by atomic mass is 16.2. The van der Waals surface area contributed by atoms with Crippen LogP contribution in [0, 0.1) is 29.1 Å². The minimum absolute atomic E-state index is 0.0301. The first-order valence-corrected chi connectivity index (χ1v) is 11.3. The summed E-state index contributed by atoms with van der Waals surface area (Å²) in [7, 11) is 0. The molecule has 1 saturated heterocycles. The van der Waals surface area contributed by atoms with Crippen molar-refractivity contribution in [3.05, 3.63) is 12.2 Å². The van der Waals surface area contributed by atoms with Crippen molar-refractivity contribution in [2.75, 3.05) is 6.54 Å². The summed E-state index contributed by atoms with van der Waals surface area (Å²) in [4.78, 5) is 39.8. The first kappa shape index (κ1) is 21.3. The lowest BCUT2D eigenvalue weighted by Gasteiger charge is -2.32. The van der Waals surface area contributed by atoms with Gasteiger partial charge in [0.2, 0.25) is 5.91 Å². The van der Waals surface area contributed by atoms with E-state index in [2.05, 4.69) is 26.0 Å². The molecule has 0 unspecified atom stereocenters. The summed E-state index contributed by atoms with van der Waals surface area (Å²) in [6, 6.07) is -0.310. The standard InChI is InChI=1S/C24H37NO3/c1-17-12-10-8-6-4-5-7-9-11-13-18(16-26)14-20(27)22-21-19(24(21,2)3)15-25(22)23(17)28/h4-5,16-19,21-22H,6-15H2,1-3H3/t17-,18+,19-,21-,22+/m0/s1. The predicted molar refractivity (Wildman–Crippen MR) is 111 cm³/mol. The summed E-state index contributed by atoms with van der Waals surface area (Å²) in [6.45, 7) is 7.16. The molecule has 4 nitrogen and oxygen atoms in total. The van der Waals surface area contributed by atoms with Crippen LogP contribution in [0.2, 0.25) is 0 Å². The largest absolute Gasteiger partial charge is 0.332 e. The fourth-order valence-electron chi connectivity index (χ4n) is 5.50. The third-order valence-electron chi connectivity index (χ3n) is 7.52. The molecule has 0 radical (unpaired) electrons. The molecular formula is C24H37NO3. The third-order valence-corrected chi connectivity index (χ3v) is 7.52. The highest BCUT2D eigenvalue weighted by Crippen LogP contribution is 2.65. The van der Waals surface area contributed by atoms with E-state index in [9.17, 15) is 14.4 Å². The number of aldehydes is 1. The number of carbonyl (C=O) groups is 3. The van der Waals surface area contributed by atoms with E-state index in [-0.39, 0.29) is 40.9 Å². The average molecular weight is 388 g/mol. The topological polar surface area (TPSA) is 54.5 Å². The quantitative estimate of drug-likeness (QED) is 0.489. The van der Waals surface area contributed by atoms with Crippen molar-refractivity contribution < 1.29 is 14.4 Å². The second-order valence-electron chi connectivity index (χ2n) is 9.90. The van der Waals surface area contributed by atoms with E-state index in [0.717, 1.165) is 57.7 Å². The van der Waals surface area contributed by atoms with Gasteiger partial charge in [-0.05, 0) is 55.8 Å². The second-order valence-corrected chi connectivity index (χ2v) is 9.90. The Morgan fingerprint density at radius 3 is 2.32 bits per heavy atom. The molecule has 28 heavy (non-hydrogen) atoms. The highest BCUT2D eigenvalue weighted by molar-refractivity contribution is 5.92. The zero-order chi connectivity index (χ0) is 20.3. The fourth-order valence-corrected chi connectivity index (χ4v) is 5.50. The van der Waals surface area contributed by atoms with Gasteiger partial charge in [0.15, 0.2) is 5.78 Å². The van der Waals surface area contributed by atoms with Gasteiger partial charge in [0, 0.05) is 24.8 Å². The molecule has 1 saturated carbocycles. The van der Waals surface area contributed by atoms with E-state index in [1.165, 1.54) is 0 Å². The number of allylic oxidation sites excluding steroid dienone is 2. The van der Waals surface area contributed by atoms with E-state index >= 15 is 0 Å². The fraction of sp³-hybridized carbons (Fsp3) is 0.792. The van der Waals surface area contributed by atoms with E-state index in [0.29, 0.717) is 18.9 Å². The van der Waals surface area contributed by atoms with Gasteiger partial charge in [0.1, 0.15) is 6.29 Å². The van der Waals surface area contributed by atoms with Gasteiger partial charge in [-0.3, -0.25) is 9.59 Å². The van der Waals surface area contributed by atoms with Gasteiger partial charge in [-0.15, -0.1) is 0 Å². The molecule has 3 aliphatic rings. The van der Waals surface area contributed by atoms with E-state index in [4.69, 9.17) is 0 Å². The number of hydrogen-bond acceptors (Lipinski definition) is 3. The SMILES string of the molecule is C[C@H]1CCCCC=CCCCC[C@@H](C=O)CC(=O)[C@@H]2[C@@H]3[C@H](CN2C1=O)C3(C)C. The van der Waals surface area contributed by atoms with Crippen LogP contribution in [0.15, 0.2) is 12.2 Å². The second kappa shape index (κ2) is 8.92. The van der Waals surface area contributed by atoms with Crippen molar-refractivity contribution in [2.24, 2.45) is 29.1 Å². The molecule has 5 atom stereocenters. The minimum atomic E-state index is -0.310. The van der Waals surface area contributed by atoms with Crippen LogP contribution in [0.3, 0.4) is 0 Å². The number of nitrogens with zero attached hydrogens (tertiary/aromatic N) is 1. The maximum absolute atomic E-state index is 13.2. The molecule has 1 aliphatic carbocycles. The van der Waals surface area contributed by atoms with Crippen molar-refractivity contribution >= 4 is 18.0 Å². The van der Waals surface area contributed by atoms with Crippen molar-refractivity contribution in [2.45, 2.75) is 84.6 Å². The van der Waals surface area contributed by atoms with Crippen LogP contribution in [0.25, 0.3) is 0 Å². The molecule has 0 bridgehead atoms. The third kappa shape index (κ3) is 4.41. The van der Waals surface area contributed by atoms with Gasteiger partial charge < -0.3 is 9.69 Å². The molecule has 2 heterocycles. The molecule has 1 amide bonds. The molecule has 156 valence electrons. The molecule has 0 aromatic rings. The molecule has 0 aromatic carbocycles. The summed E-state index contributed by atoms with van der Waals surface area (Å²) in [5.41, 5.74) is 0.140. The Bertz CT molecular complexity index is 623. The van der Waals surface area contributed by atoms with Gasteiger partial charge in [-0.1, -0.05) is 45.8 Å². The smallest absolute Gasteiger partial charge is 0.226 e. The Morgan fingerprint density at radius 2 is 1.68 bits per heavy atom. The molecule has 2 fully saturated rings. The van der Waals surface area contributed by atoms with Crippen molar-refractivity contribution in [1.29, 1.82) is 0 Å². The van der Waals surface area contributed by atoms with Gasteiger partial charge in [-0.2, -0.15) is 0 Å². The van der Waals surface area contributed by atoms with Crippen LogP contribution in [-0.4, -0.2) is 35.5 Å². The Morgan fingerprint density at radius 1 is 1.04 bits per heavy atom. The first-order chi connectivity index (χ1) is 13.4. The van der Waals surface area contributed by atoms with E-state index < -0.39 is 0 Å². The van der Waals surface area contributed by atoms with Gasteiger partial charge in [0.05, 0.1) is 6.04 Å². The number of Topliss-reactive ketones (excluding diaryl/α,β-unsaturated/α-hetero) is 1. The lowest BCUT2D eigenvalue weighted by molar-refractivity contribution is -0.143. The molecule has 2 aliphatic heterocycles. The number of fused-ring (bicyclic) bond motifs is 3. The zero-order valence-corrected chi connectivity index (χ0v) is 17.9. The minimum Gasteiger partial charge on any atom is -0.332 e. The molecule has 0 spiro atoms. The van der Waals surface area contributed by atoms with Crippen LogP contribution >= 0.6 is 0 Å².